The summed E-state index contributed by atoms with van der Waals surface area (Å²) >= 11 is 7.50. The summed E-state index contributed by atoms with van der Waals surface area (Å²) in [6.07, 6.45) is 5.02. The number of thioether (sulfide) groups is 1. The summed E-state index contributed by atoms with van der Waals surface area (Å²) in [7, 11) is 0. The minimum atomic E-state index is 0.500. The largest absolute Gasteiger partial charge is 0.217 e. The topological polar surface area (TPSA) is 43.6 Å². The van der Waals surface area contributed by atoms with Gasteiger partial charge in [0.2, 0.25) is 5.16 Å². The summed E-state index contributed by atoms with van der Waals surface area (Å²) in [5, 5.41) is 12.9. The van der Waals surface area contributed by atoms with Gasteiger partial charge in [-0.05, 0) is 29.2 Å². The van der Waals surface area contributed by atoms with E-state index in [9.17, 15) is 0 Å². The molecule has 1 aromatic rings. The molecule has 1 aromatic heterocycles. The molecule has 2 rings (SSSR count). The molecule has 6 heteroatoms. The van der Waals surface area contributed by atoms with Gasteiger partial charge in [0.15, 0.2) is 0 Å². The van der Waals surface area contributed by atoms with Gasteiger partial charge in [0.25, 0.3) is 0 Å². The standard InChI is InChI=1S/C10H17ClN4S/c1-8(6-11)7-16-10-12-13-14-15(10)9-4-2-3-5-9/h8-9H,2-7H2,1H3. The summed E-state index contributed by atoms with van der Waals surface area (Å²) < 4.78 is 2.00. The van der Waals surface area contributed by atoms with Gasteiger partial charge in [-0.2, -0.15) is 0 Å². The number of rotatable bonds is 5. The second-order valence-electron chi connectivity index (χ2n) is 4.41. The molecule has 0 spiro atoms. The summed E-state index contributed by atoms with van der Waals surface area (Å²) in [5.41, 5.74) is 0. The maximum Gasteiger partial charge on any atom is 0.209 e. The first-order chi connectivity index (χ1) is 7.81. The van der Waals surface area contributed by atoms with E-state index >= 15 is 0 Å². The normalized spacial score (nSPS) is 19.1. The Morgan fingerprint density at radius 2 is 2.25 bits per heavy atom. The van der Waals surface area contributed by atoms with E-state index in [1.54, 1.807) is 11.8 Å². The van der Waals surface area contributed by atoms with Gasteiger partial charge in [-0.3, -0.25) is 0 Å². The van der Waals surface area contributed by atoms with E-state index < -0.39 is 0 Å². The molecule has 0 bridgehead atoms. The number of hydrogen-bond acceptors (Lipinski definition) is 4. The molecule has 1 aliphatic carbocycles. The van der Waals surface area contributed by atoms with Crippen LogP contribution in [0, 0.1) is 5.92 Å². The summed E-state index contributed by atoms with van der Waals surface area (Å²) in [5.74, 6) is 2.18. The van der Waals surface area contributed by atoms with Crippen molar-refractivity contribution in [1.29, 1.82) is 0 Å². The predicted molar refractivity (Wildman–Crippen MR) is 65.9 cm³/mol. The van der Waals surface area contributed by atoms with Crippen LogP contribution < -0.4 is 0 Å². The first-order valence-electron chi connectivity index (χ1n) is 5.78. The van der Waals surface area contributed by atoms with Crippen molar-refractivity contribution in [3.8, 4) is 0 Å². The van der Waals surface area contributed by atoms with Crippen LogP contribution in [0.2, 0.25) is 0 Å². The van der Waals surface area contributed by atoms with Crippen LogP contribution in [-0.2, 0) is 0 Å². The Balaban J connectivity index is 1.95. The third-order valence-corrected chi connectivity index (χ3v) is 4.68. The molecule has 0 saturated heterocycles. The van der Waals surface area contributed by atoms with E-state index in [-0.39, 0.29) is 0 Å². The zero-order valence-corrected chi connectivity index (χ0v) is 11.0. The predicted octanol–water partition coefficient (Wildman–Crippen LogP) is 2.76. The number of tetrazole rings is 1. The number of halogens is 1. The number of hydrogen-bond donors (Lipinski definition) is 0. The first-order valence-corrected chi connectivity index (χ1v) is 7.30. The number of aromatic nitrogens is 4. The fraction of sp³-hybridized carbons (Fsp3) is 0.900. The Kier molecular flexibility index (Phi) is 4.46. The van der Waals surface area contributed by atoms with Crippen LogP contribution in [0.3, 0.4) is 0 Å². The lowest BCUT2D eigenvalue weighted by molar-refractivity contribution is 0.423. The molecule has 0 radical (unpaired) electrons. The van der Waals surface area contributed by atoms with Crippen molar-refractivity contribution in [2.45, 2.75) is 43.8 Å². The summed E-state index contributed by atoms with van der Waals surface area (Å²) in [4.78, 5) is 0. The third kappa shape index (κ3) is 2.88. The minimum Gasteiger partial charge on any atom is -0.217 e. The Hall–Kier alpha value is -0.290. The quantitative estimate of drug-likeness (QED) is 0.603. The fourth-order valence-electron chi connectivity index (χ4n) is 1.92. The molecule has 1 aliphatic rings. The van der Waals surface area contributed by atoms with Crippen molar-refractivity contribution in [2.24, 2.45) is 5.92 Å². The Bertz CT molecular complexity index is 324. The van der Waals surface area contributed by atoms with Crippen molar-refractivity contribution >= 4 is 23.4 Å². The zero-order valence-electron chi connectivity index (χ0n) is 9.47. The third-order valence-electron chi connectivity index (χ3n) is 2.89. The molecule has 1 fully saturated rings. The van der Waals surface area contributed by atoms with Crippen molar-refractivity contribution in [1.82, 2.24) is 20.2 Å². The average Bonchev–Trinajstić information content (AvgIpc) is 2.95. The van der Waals surface area contributed by atoms with Crippen LogP contribution in [0.5, 0.6) is 0 Å². The van der Waals surface area contributed by atoms with Crippen molar-refractivity contribution < 1.29 is 0 Å². The van der Waals surface area contributed by atoms with Crippen LogP contribution in [0.4, 0.5) is 0 Å². The van der Waals surface area contributed by atoms with E-state index in [4.69, 9.17) is 11.6 Å². The van der Waals surface area contributed by atoms with E-state index in [0.717, 1.165) is 10.9 Å². The van der Waals surface area contributed by atoms with Gasteiger partial charge in [-0.1, -0.05) is 31.5 Å². The molecule has 4 nitrogen and oxygen atoms in total. The van der Waals surface area contributed by atoms with Crippen LogP contribution in [0.25, 0.3) is 0 Å². The number of nitrogens with zero attached hydrogens (tertiary/aromatic N) is 4. The Labute approximate surface area is 105 Å². The second-order valence-corrected chi connectivity index (χ2v) is 5.71. The van der Waals surface area contributed by atoms with Crippen LogP contribution in [0.1, 0.15) is 38.6 Å². The highest BCUT2D eigenvalue weighted by Crippen LogP contribution is 2.31. The highest BCUT2D eigenvalue weighted by atomic mass is 35.5. The highest BCUT2D eigenvalue weighted by Gasteiger charge is 2.21. The van der Waals surface area contributed by atoms with E-state index in [1.807, 2.05) is 4.68 Å². The average molecular weight is 261 g/mol. The SMILES string of the molecule is CC(CCl)CSc1nnnn1C1CCCC1. The summed E-state index contributed by atoms with van der Waals surface area (Å²) in [6.45, 7) is 2.14. The molecular weight excluding hydrogens is 244 g/mol. The van der Waals surface area contributed by atoms with Gasteiger partial charge in [-0.15, -0.1) is 16.7 Å². The van der Waals surface area contributed by atoms with Crippen molar-refractivity contribution in [2.75, 3.05) is 11.6 Å². The van der Waals surface area contributed by atoms with E-state index in [0.29, 0.717) is 17.8 Å². The summed E-state index contributed by atoms with van der Waals surface area (Å²) in [6, 6.07) is 0.517. The van der Waals surface area contributed by atoms with Crippen molar-refractivity contribution in [3.63, 3.8) is 0 Å². The second kappa shape index (κ2) is 5.87. The number of alkyl halides is 1. The molecule has 0 aromatic carbocycles. The fourth-order valence-corrected chi connectivity index (χ4v) is 3.12. The van der Waals surface area contributed by atoms with E-state index in [1.165, 1.54) is 25.7 Å². The maximum atomic E-state index is 5.79. The lowest BCUT2D eigenvalue weighted by Crippen LogP contribution is -2.09. The molecule has 0 N–H and O–H groups in total. The smallest absolute Gasteiger partial charge is 0.209 e. The van der Waals surface area contributed by atoms with E-state index in [2.05, 4.69) is 22.4 Å². The molecule has 1 heterocycles. The van der Waals surface area contributed by atoms with Gasteiger partial charge in [0.1, 0.15) is 0 Å². The molecule has 1 unspecified atom stereocenters. The molecule has 1 saturated carbocycles. The Morgan fingerprint density at radius 3 is 2.94 bits per heavy atom. The minimum absolute atomic E-state index is 0.500. The van der Waals surface area contributed by atoms with Gasteiger partial charge >= 0.3 is 0 Å². The highest BCUT2D eigenvalue weighted by molar-refractivity contribution is 7.99. The Morgan fingerprint density at radius 1 is 1.50 bits per heavy atom. The maximum absolute atomic E-state index is 5.79. The molecular formula is C10H17ClN4S. The zero-order chi connectivity index (χ0) is 11.4. The first kappa shape index (κ1) is 12.2. The molecule has 16 heavy (non-hydrogen) atoms. The molecule has 0 aliphatic heterocycles. The van der Waals surface area contributed by atoms with Crippen LogP contribution in [-0.4, -0.2) is 31.8 Å². The van der Waals surface area contributed by atoms with Gasteiger partial charge in [-0.25, -0.2) is 4.68 Å². The molecule has 0 amide bonds. The van der Waals surface area contributed by atoms with Crippen LogP contribution in [0.15, 0.2) is 5.16 Å². The monoisotopic (exact) mass is 260 g/mol. The molecule has 1 atom stereocenters. The lowest BCUT2D eigenvalue weighted by atomic mass is 10.3. The van der Waals surface area contributed by atoms with Crippen molar-refractivity contribution in [3.05, 3.63) is 0 Å². The van der Waals surface area contributed by atoms with Gasteiger partial charge < -0.3 is 0 Å². The molecule has 90 valence electrons. The lowest BCUT2D eigenvalue weighted by Gasteiger charge is -2.11. The van der Waals surface area contributed by atoms with Crippen LogP contribution >= 0.6 is 23.4 Å². The van der Waals surface area contributed by atoms with Gasteiger partial charge in [0, 0.05) is 11.6 Å². The van der Waals surface area contributed by atoms with Gasteiger partial charge in [0.05, 0.1) is 6.04 Å².